The Morgan fingerprint density at radius 2 is 1.81 bits per heavy atom. The molecule has 4 aromatic rings. The molecule has 0 fully saturated rings. The zero-order valence-electron chi connectivity index (χ0n) is 14.1. The molecule has 3 aromatic carbocycles. The fourth-order valence-corrected chi connectivity index (χ4v) is 3.12. The Kier molecular flexibility index (Phi) is 4.31. The van der Waals surface area contributed by atoms with Crippen LogP contribution in [0.1, 0.15) is 15.9 Å². The summed E-state index contributed by atoms with van der Waals surface area (Å²) in [5.41, 5.74) is 5.36. The van der Waals surface area contributed by atoms with E-state index >= 15 is 0 Å². The zero-order valence-corrected chi connectivity index (χ0v) is 15.7. The first-order valence-corrected chi connectivity index (χ1v) is 9.02. The molecule has 2 N–H and O–H groups in total. The van der Waals surface area contributed by atoms with Gasteiger partial charge in [-0.05, 0) is 61.0 Å². The number of imidazole rings is 1. The Labute approximate surface area is 159 Å². The molecule has 0 radical (unpaired) electrons. The number of carbonyl (C=O) groups excluding carboxylic acids is 1. The van der Waals surface area contributed by atoms with Gasteiger partial charge in [-0.1, -0.05) is 34.1 Å². The minimum atomic E-state index is -0.137. The van der Waals surface area contributed by atoms with Gasteiger partial charge in [0.15, 0.2) is 0 Å². The minimum Gasteiger partial charge on any atom is -0.338 e. The van der Waals surface area contributed by atoms with Crippen LogP contribution in [0.4, 0.5) is 5.69 Å². The van der Waals surface area contributed by atoms with Gasteiger partial charge >= 0.3 is 0 Å². The van der Waals surface area contributed by atoms with Crippen molar-refractivity contribution >= 4 is 38.6 Å². The molecule has 0 aliphatic heterocycles. The Morgan fingerprint density at radius 3 is 2.54 bits per heavy atom. The monoisotopic (exact) mass is 405 g/mol. The normalized spacial score (nSPS) is 10.8. The summed E-state index contributed by atoms with van der Waals surface area (Å²) in [7, 11) is 0. The predicted molar refractivity (Wildman–Crippen MR) is 108 cm³/mol. The maximum absolute atomic E-state index is 12.4. The molecule has 0 saturated carbocycles. The van der Waals surface area contributed by atoms with E-state index in [0.29, 0.717) is 5.56 Å². The summed E-state index contributed by atoms with van der Waals surface area (Å²) >= 11 is 3.46. The SMILES string of the molecule is Cc1ccc(C(=O)Nc2ccc(-c3nc4ccccc4[nH]3)cc2)cc1Br. The number of aryl methyl sites for hydroxylation is 1. The lowest BCUT2D eigenvalue weighted by molar-refractivity contribution is 0.102. The zero-order chi connectivity index (χ0) is 18.1. The quantitative estimate of drug-likeness (QED) is 0.469. The van der Waals surface area contributed by atoms with E-state index in [2.05, 4.69) is 31.2 Å². The smallest absolute Gasteiger partial charge is 0.255 e. The van der Waals surface area contributed by atoms with Crippen molar-refractivity contribution in [3.05, 3.63) is 82.3 Å². The van der Waals surface area contributed by atoms with Crippen molar-refractivity contribution in [3.8, 4) is 11.4 Å². The number of nitrogens with zero attached hydrogens (tertiary/aromatic N) is 1. The molecule has 0 bridgehead atoms. The van der Waals surface area contributed by atoms with E-state index < -0.39 is 0 Å². The van der Waals surface area contributed by atoms with Gasteiger partial charge in [0.05, 0.1) is 11.0 Å². The number of amides is 1. The molecule has 0 saturated heterocycles. The number of aromatic amines is 1. The summed E-state index contributed by atoms with van der Waals surface area (Å²) in [6.45, 7) is 1.99. The van der Waals surface area contributed by atoms with E-state index in [1.807, 2.05) is 73.7 Å². The van der Waals surface area contributed by atoms with E-state index in [-0.39, 0.29) is 5.91 Å². The van der Waals surface area contributed by atoms with Crippen LogP contribution in [0.25, 0.3) is 22.4 Å². The van der Waals surface area contributed by atoms with Gasteiger partial charge in [-0.25, -0.2) is 4.98 Å². The van der Waals surface area contributed by atoms with Crippen LogP contribution in [0, 0.1) is 6.92 Å². The van der Waals surface area contributed by atoms with E-state index in [1.165, 1.54) is 0 Å². The third kappa shape index (κ3) is 3.26. The number of anilines is 1. The predicted octanol–water partition coefficient (Wildman–Crippen LogP) is 5.55. The number of nitrogens with one attached hydrogen (secondary N) is 2. The van der Waals surface area contributed by atoms with Crippen molar-refractivity contribution in [2.24, 2.45) is 0 Å². The number of aromatic nitrogens is 2. The van der Waals surface area contributed by atoms with E-state index in [4.69, 9.17) is 0 Å². The molecule has 5 heteroatoms. The van der Waals surface area contributed by atoms with Crippen LogP contribution in [-0.4, -0.2) is 15.9 Å². The fourth-order valence-electron chi connectivity index (χ4n) is 2.74. The summed E-state index contributed by atoms with van der Waals surface area (Å²) in [6, 6.07) is 21.1. The first-order valence-electron chi connectivity index (χ1n) is 8.23. The number of halogens is 1. The molecular weight excluding hydrogens is 390 g/mol. The van der Waals surface area contributed by atoms with E-state index in [1.54, 1.807) is 0 Å². The molecule has 128 valence electrons. The lowest BCUT2D eigenvalue weighted by Crippen LogP contribution is -2.11. The molecular formula is C21H16BrN3O. The Morgan fingerprint density at radius 1 is 1.04 bits per heavy atom. The van der Waals surface area contributed by atoms with Crippen LogP contribution in [0.5, 0.6) is 0 Å². The molecule has 0 unspecified atom stereocenters. The average molecular weight is 406 g/mol. The number of benzene rings is 3. The fraction of sp³-hybridized carbons (Fsp3) is 0.0476. The number of fused-ring (bicyclic) bond motifs is 1. The van der Waals surface area contributed by atoms with Gasteiger partial charge < -0.3 is 10.3 Å². The third-order valence-electron chi connectivity index (χ3n) is 4.24. The molecule has 1 heterocycles. The molecule has 0 aliphatic carbocycles. The maximum Gasteiger partial charge on any atom is 0.255 e. The molecule has 26 heavy (non-hydrogen) atoms. The van der Waals surface area contributed by atoms with Gasteiger partial charge in [-0.2, -0.15) is 0 Å². The van der Waals surface area contributed by atoms with Gasteiger partial charge in [0.1, 0.15) is 5.82 Å². The van der Waals surface area contributed by atoms with Crippen LogP contribution in [-0.2, 0) is 0 Å². The molecule has 4 rings (SSSR count). The maximum atomic E-state index is 12.4. The van der Waals surface area contributed by atoms with Crippen LogP contribution in [0.2, 0.25) is 0 Å². The lowest BCUT2D eigenvalue weighted by Gasteiger charge is -2.07. The van der Waals surface area contributed by atoms with Crippen molar-refractivity contribution in [2.45, 2.75) is 6.92 Å². The van der Waals surface area contributed by atoms with Crippen molar-refractivity contribution < 1.29 is 4.79 Å². The molecule has 0 aliphatic rings. The highest BCUT2D eigenvalue weighted by Crippen LogP contribution is 2.23. The van der Waals surface area contributed by atoms with Crippen LogP contribution in [0.3, 0.4) is 0 Å². The van der Waals surface area contributed by atoms with Gasteiger partial charge in [0.25, 0.3) is 5.91 Å². The lowest BCUT2D eigenvalue weighted by atomic mass is 10.1. The molecule has 1 amide bonds. The van der Waals surface area contributed by atoms with E-state index in [0.717, 1.165) is 38.1 Å². The third-order valence-corrected chi connectivity index (χ3v) is 5.09. The largest absolute Gasteiger partial charge is 0.338 e. The van der Waals surface area contributed by atoms with Gasteiger partial charge in [0, 0.05) is 21.3 Å². The number of hydrogen-bond donors (Lipinski definition) is 2. The number of hydrogen-bond acceptors (Lipinski definition) is 2. The topological polar surface area (TPSA) is 57.8 Å². The van der Waals surface area contributed by atoms with Crippen LogP contribution in [0.15, 0.2) is 71.2 Å². The summed E-state index contributed by atoms with van der Waals surface area (Å²) in [6.07, 6.45) is 0. The van der Waals surface area contributed by atoms with Gasteiger partial charge in [0.2, 0.25) is 0 Å². The Bertz CT molecular complexity index is 1070. The first kappa shape index (κ1) is 16.5. The Balaban J connectivity index is 1.53. The van der Waals surface area contributed by atoms with Crippen molar-refractivity contribution in [1.29, 1.82) is 0 Å². The summed E-state index contributed by atoms with van der Waals surface area (Å²) in [5.74, 6) is 0.675. The summed E-state index contributed by atoms with van der Waals surface area (Å²) in [4.78, 5) is 20.3. The van der Waals surface area contributed by atoms with Crippen LogP contribution < -0.4 is 5.32 Å². The summed E-state index contributed by atoms with van der Waals surface area (Å²) < 4.78 is 0.922. The second-order valence-corrected chi connectivity index (χ2v) is 6.95. The summed E-state index contributed by atoms with van der Waals surface area (Å²) in [5, 5.41) is 2.92. The first-order chi connectivity index (χ1) is 12.6. The second-order valence-electron chi connectivity index (χ2n) is 6.10. The number of para-hydroxylation sites is 2. The number of rotatable bonds is 3. The van der Waals surface area contributed by atoms with E-state index in [9.17, 15) is 4.79 Å². The van der Waals surface area contributed by atoms with Crippen molar-refractivity contribution in [2.75, 3.05) is 5.32 Å². The highest BCUT2D eigenvalue weighted by Gasteiger charge is 2.09. The van der Waals surface area contributed by atoms with Crippen molar-refractivity contribution in [3.63, 3.8) is 0 Å². The number of carbonyl (C=O) groups is 1. The second kappa shape index (κ2) is 6.77. The Hall–Kier alpha value is -2.92. The standard InChI is InChI=1S/C21H16BrN3O/c1-13-6-7-15(12-17(13)22)21(26)23-16-10-8-14(9-11-16)20-24-18-4-2-3-5-19(18)25-20/h2-12H,1H3,(H,23,26)(H,24,25). The van der Waals surface area contributed by atoms with Gasteiger partial charge in [-0.3, -0.25) is 4.79 Å². The molecule has 1 aromatic heterocycles. The molecule has 4 nitrogen and oxygen atoms in total. The number of H-pyrrole nitrogens is 1. The van der Waals surface area contributed by atoms with Gasteiger partial charge in [-0.15, -0.1) is 0 Å². The highest BCUT2D eigenvalue weighted by atomic mass is 79.9. The minimum absolute atomic E-state index is 0.137. The average Bonchev–Trinajstić information content (AvgIpc) is 3.08. The molecule has 0 atom stereocenters. The van der Waals surface area contributed by atoms with Crippen LogP contribution >= 0.6 is 15.9 Å². The molecule has 0 spiro atoms. The highest BCUT2D eigenvalue weighted by molar-refractivity contribution is 9.10. The van der Waals surface area contributed by atoms with Crippen molar-refractivity contribution in [1.82, 2.24) is 9.97 Å².